The van der Waals surface area contributed by atoms with Gasteiger partial charge in [-0.2, -0.15) is 0 Å². The summed E-state index contributed by atoms with van der Waals surface area (Å²) in [5.74, 6) is -0.239. The molecule has 0 radical (unpaired) electrons. The van der Waals surface area contributed by atoms with Crippen LogP contribution in [0, 0.1) is 0 Å². The van der Waals surface area contributed by atoms with E-state index in [0.717, 1.165) is 19.3 Å². The lowest BCUT2D eigenvalue weighted by atomic mass is 10.1. The average molecular weight is 332 g/mol. The number of nitrogens with zero attached hydrogens (tertiary/aromatic N) is 2. The highest BCUT2D eigenvalue weighted by Gasteiger charge is 2.40. The number of fused-ring (bicyclic) bond motifs is 3. The zero-order chi connectivity index (χ0) is 17.2. The van der Waals surface area contributed by atoms with Gasteiger partial charge < -0.3 is 0 Å². The van der Waals surface area contributed by atoms with E-state index < -0.39 is 0 Å². The van der Waals surface area contributed by atoms with Gasteiger partial charge in [-0.15, -0.1) is 0 Å². The van der Waals surface area contributed by atoms with E-state index in [0.29, 0.717) is 11.1 Å². The van der Waals surface area contributed by atoms with Crippen molar-refractivity contribution in [2.24, 2.45) is 0 Å². The predicted octanol–water partition coefficient (Wildman–Crippen LogP) is 3.68. The van der Waals surface area contributed by atoms with E-state index in [1.54, 1.807) is 34.3 Å². The van der Waals surface area contributed by atoms with Crippen molar-refractivity contribution in [3.63, 3.8) is 0 Å². The monoisotopic (exact) mass is 332 g/mol. The van der Waals surface area contributed by atoms with Gasteiger partial charge in [-0.05, 0) is 43.5 Å². The molecule has 1 saturated heterocycles. The van der Waals surface area contributed by atoms with Crippen molar-refractivity contribution in [1.82, 2.24) is 10.0 Å². The Kier molecular flexibility index (Phi) is 4.10. The molecule has 2 aromatic rings. The Morgan fingerprint density at radius 2 is 1.08 bits per heavy atom. The zero-order valence-corrected chi connectivity index (χ0v) is 13.9. The Balaban J connectivity index is 1.75. The lowest BCUT2D eigenvalue weighted by molar-refractivity contribution is -0.0272. The summed E-state index contributed by atoms with van der Waals surface area (Å²) >= 11 is 0. The summed E-state index contributed by atoms with van der Waals surface area (Å²) < 4.78 is 0. The van der Waals surface area contributed by atoms with Crippen molar-refractivity contribution in [1.29, 1.82) is 0 Å². The zero-order valence-electron chi connectivity index (χ0n) is 13.9. The van der Waals surface area contributed by atoms with E-state index in [1.807, 2.05) is 36.4 Å². The molecule has 2 amide bonds. The van der Waals surface area contributed by atoms with Crippen molar-refractivity contribution >= 4 is 11.8 Å². The molecule has 0 unspecified atom stereocenters. The van der Waals surface area contributed by atoms with Crippen LogP contribution in [0.2, 0.25) is 0 Å². The van der Waals surface area contributed by atoms with Gasteiger partial charge in [0.25, 0.3) is 11.8 Å². The third-order valence-electron chi connectivity index (χ3n) is 4.87. The summed E-state index contributed by atoms with van der Waals surface area (Å²) in [4.78, 5) is 26.4. The second-order valence-corrected chi connectivity index (χ2v) is 6.48. The van der Waals surface area contributed by atoms with Crippen LogP contribution in [0.15, 0.2) is 72.8 Å². The normalized spacial score (nSPS) is 21.9. The summed E-state index contributed by atoms with van der Waals surface area (Å²) in [5.41, 5.74) is 1.21. The quantitative estimate of drug-likeness (QED) is 0.787. The molecule has 2 aromatic carbocycles. The molecule has 4 heteroatoms. The molecular weight excluding hydrogens is 312 g/mol. The topological polar surface area (TPSA) is 40.6 Å². The fraction of sp³-hybridized carbons (Fsp3) is 0.238. The van der Waals surface area contributed by atoms with Crippen LogP contribution < -0.4 is 0 Å². The third kappa shape index (κ3) is 2.84. The fourth-order valence-electron chi connectivity index (χ4n) is 3.64. The molecule has 2 atom stereocenters. The van der Waals surface area contributed by atoms with Crippen LogP contribution in [0.4, 0.5) is 0 Å². The second kappa shape index (κ2) is 6.55. The minimum absolute atomic E-state index is 0.0703. The maximum atomic E-state index is 13.2. The molecule has 4 nitrogen and oxygen atoms in total. The molecule has 3 aliphatic rings. The fourth-order valence-corrected chi connectivity index (χ4v) is 3.64. The Morgan fingerprint density at radius 3 is 1.48 bits per heavy atom. The van der Waals surface area contributed by atoms with Crippen molar-refractivity contribution in [2.45, 2.75) is 31.3 Å². The average Bonchev–Trinajstić information content (AvgIpc) is 3.02. The summed E-state index contributed by atoms with van der Waals surface area (Å²) in [6.07, 6.45) is 6.91. The summed E-state index contributed by atoms with van der Waals surface area (Å²) in [6, 6.07) is 18.2. The van der Waals surface area contributed by atoms with Crippen LogP contribution in [0.1, 0.15) is 40.0 Å². The molecule has 25 heavy (non-hydrogen) atoms. The molecule has 0 aromatic heterocycles. The number of hydrogen-bond acceptors (Lipinski definition) is 2. The molecule has 1 aliphatic carbocycles. The van der Waals surface area contributed by atoms with E-state index in [-0.39, 0.29) is 23.9 Å². The van der Waals surface area contributed by atoms with Crippen LogP contribution in [0.25, 0.3) is 0 Å². The van der Waals surface area contributed by atoms with Gasteiger partial charge in [0.15, 0.2) is 0 Å². The predicted molar refractivity (Wildman–Crippen MR) is 95.8 cm³/mol. The van der Waals surface area contributed by atoms with Crippen LogP contribution in [-0.4, -0.2) is 33.9 Å². The number of hydrogen-bond donors (Lipinski definition) is 0. The number of benzene rings is 2. The molecule has 5 rings (SSSR count). The van der Waals surface area contributed by atoms with E-state index in [4.69, 9.17) is 0 Å². The summed E-state index contributed by atoms with van der Waals surface area (Å²) in [5, 5.41) is 3.34. The Hall–Kier alpha value is -2.88. The van der Waals surface area contributed by atoms with Crippen LogP contribution in [-0.2, 0) is 0 Å². The minimum Gasteiger partial charge on any atom is -0.267 e. The summed E-state index contributed by atoms with van der Waals surface area (Å²) in [7, 11) is 0. The number of carbonyl (C=O) groups excluding carboxylic acids is 2. The van der Waals surface area contributed by atoms with E-state index in [1.165, 1.54) is 0 Å². The third-order valence-corrected chi connectivity index (χ3v) is 4.87. The Labute approximate surface area is 147 Å². The highest BCUT2D eigenvalue weighted by atomic mass is 16.2. The van der Waals surface area contributed by atoms with Crippen LogP contribution in [0.3, 0.4) is 0 Å². The van der Waals surface area contributed by atoms with Gasteiger partial charge >= 0.3 is 0 Å². The second-order valence-electron chi connectivity index (χ2n) is 6.48. The molecule has 0 N–H and O–H groups in total. The molecule has 126 valence electrons. The van der Waals surface area contributed by atoms with Gasteiger partial charge in [0.05, 0.1) is 12.1 Å². The Bertz CT molecular complexity index is 734. The van der Waals surface area contributed by atoms with E-state index in [2.05, 4.69) is 12.2 Å². The van der Waals surface area contributed by atoms with E-state index >= 15 is 0 Å². The minimum atomic E-state index is -0.119. The Morgan fingerprint density at radius 1 is 0.680 bits per heavy atom. The first-order valence-corrected chi connectivity index (χ1v) is 8.71. The molecule has 1 fully saturated rings. The smallest absolute Gasteiger partial charge is 0.267 e. The number of amides is 2. The van der Waals surface area contributed by atoms with Crippen molar-refractivity contribution in [3.8, 4) is 0 Å². The molecule has 2 aliphatic heterocycles. The first-order chi connectivity index (χ1) is 12.3. The molecule has 0 spiro atoms. The van der Waals surface area contributed by atoms with Gasteiger partial charge in [0, 0.05) is 11.1 Å². The van der Waals surface area contributed by atoms with Crippen LogP contribution >= 0.6 is 0 Å². The maximum absolute atomic E-state index is 13.2. The number of carbonyl (C=O) groups is 2. The highest BCUT2D eigenvalue weighted by molar-refractivity contribution is 5.99. The number of hydrazine groups is 1. The molecule has 2 heterocycles. The first kappa shape index (κ1) is 15.6. The SMILES string of the molecule is O=C(c1ccccc1)N1[C@@H]2C=C[C@@H](CCC2)N1C(=O)c1ccccc1. The van der Waals surface area contributed by atoms with Gasteiger partial charge in [0.2, 0.25) is 0 Å². The maximum Gasteiger partial charge on any atom is 0.273 e. The van der Waals surface area contributed by atoms with Gasteiger partial charge in [0.1, 0.15) is 0 Å². The standard InChI is InChI=1S/C21H20N2O2/c24-20(16-8-3-1-4-9-16)22-18-12-7-13-19(15-14-18)23(22)21(25)17-10-5-2-6-11-17/h1-6,8-11,14-15,18-19H,7,12-13H2/t18-,19+. The first-order valence-electron chi connectivity index (χ1n) is 8.71. The molecule has 0 saturated carbocycles. The van der Waals surface area contributed by atoms with Crippen LogP contribution in [0.5, 0.6) is 0 Å². The van der Waals surface area contributed by atoms with Crippen molar-refractivity contribution < 1.29 is 9.59 Å². The largest absolute Gasteiger partial charge is 0.273 e. The molecular formula is C21H20N2O2. The summed E-state index contributed by atoms with van der Waals surface area (Å²) in [6.45, 7) is 0. The van der Waals surface area contributed by atoms with E-state index in [9.17, 15) is 9.59 Å². The number of rotatable bonds is 2. The van der Waals surface area contributed by atoms with Gasteiger partial charge in [-0.1, -0.05) is 48.6 Å². The molecule has 2 bridgehead atoms. The van der Waals surface area contributed by atoms with Crippen molar-refractivity contribution in [2.75, 3.05) is 0 Å². The van der Waals surface area contributed by atoms with Crippen molar-refractivity contribution in [3.05, 3.63) is 83.9 Å². The lowest BCUT2D eigenvalue weighted by Gasteiger charge is -2.43. The van der Waals surface area contributed by atoms with Gasteiger partial charge in [-0.3, -0.25) is 9.59 Å². The highest BCUT2D eigenvalue weighted by Crippen LogP contribution is 2.31. The lowest BCUT2D eigenvalue weighted by Crippen LogP contribution is -2.58. The van der Waals surface area contributed by atoms with Gasteiger partial charge in [-0.25, -0.2) is 10.0 Å².